The number of aromatic nitrogens is 2. The molecule has 6 nitrogen and oxygen atoms in total. The topological polar surface area (TPSA) is 63.5 Å². The summed E-state index contributed by atoms with van der Waals surface area (Å²) >= 11 is 0. The Morgan fingerprint density at radius 2 is 1.93 bits per heavy atom. The van der Waals surface area contributed by atoms with Gasteiger partial charge in [-0.25, -0.2) is 4.99 Å². The first-order valence-electron chi connectivity index (χ1n) is 9.82. The Hall–Kier alpha value is -2.34. The molecule has 0 aliphatic carbocycles. The lowest BCUT2D eigenvalue weighted by molar-refractivity contribution is 0.145. The molecule has 0 aliphatic rings. The van der Waals surface area contributed by atoms with Gasteiger partial charge in [-0.15, -0.1) is 0 Å². The third-order valence-electron chi connectivity index (χ3n) is 4.41. The molecule has 0 fully saturated rings. The molecule has 2 aromatic rings. The molecule has 6 heteroatoms. The minimum Gasteiger partial charge on any atom is -0.382 e. The normalized spacial score (nSPS) is 11.6. The highest BCUT2D eigenvalue weighted by Crippen LogP contribution is 2.16. The summed E-state index contributed by atoms with van der Waals surface area (Å²) in [6.45, 7) is 12.9. The maximum atomic E-state index is 5.38. The second kappa shape index (κ2) is 11.4. The number of hydrogen-bond acceptors (Lipinski definition) is 3. The molecular formula is C21H33N5O. The van der Waals surface area contributed by atoms with Crippen LogP contribution >= 0.6 is 0 Å². The van der Waals surface area contributed by atoms with Crippen molar-refractivity contribution in [1.82, 2.24) is 20.4 Å². The molecule has 0 aliphatic heterocycles. The van der Waals surface area contributed by atoms with E-state index in [1.807, 2.05) is 13.0 Å². The van der Waals surface area contributed by atoms with E-state index in [9.17, 15) is 0 Å². The summed E-state index contributed by atoms with van der Waals surface area (Å²) in [7, 11) is 0. The number of rotatable bonds is 10. The van der Waals surface area contributed by atoms with Crippen molar-refractivity contribution in [2.75, 3.05) is 26.3 Å². The quantitative estimate of drug-likeness (QED) is 0.383. The molecule has 148 valence electrons. The van der Waals surface area contributed by atoms with Crippen LogP contribution in [0.3, 0.4) is 0 Å². The second-order valence-corrected chi connectivity index (χ2v) is 6.47. The highest BCUT2D eigenvalue weighted by Gasteiger charge is 2.11. The maximum Gasteiger partial charge on any atom is 0.191 e. The molecule has 0 atom stereocenters. The van der Waals surface area contributed by atoms with Gasteiger partial charge >= 0.3 is 0 Å². The predicted molar refractivity (Wildman–Crippen MR) is 111 cm³/mol. The minimum atomic E-state index is 0.618. The lowest BCUT2D eigenvalue weighted by atomic mass is 10.2. The predicted octanol–water partition coefficient (Wildman–Crippen LogP) is 3.03. The molecule has 1 aromatic heterocycles. The summed E-state index contributed by atoms with van der Waals surface area (Å²) in [5.74, 6) is 0.837. The van der Waals surface area contributed by atoms with Gasteiger partial charge in [0, 0.05) is 37.6 Å². The van der Waals surface area contributed by atoms with Gasteiger partial charge in [-0.1, -0.05) is 30.3 Å². The molecule has 1 aromatic carbocycles. The summed E-state index contributed by atoms with van der Waals surface area (Å²) in [6, 6.07) is 10.4. The van der Waals surface area contributed by atoms with Gasteiger partial charge in [0.05, 0.1) is 18.8 Å². The van der Waals surface area contributed by atoms with Gasteiger partial charge in [0.25, 0.3) is 0 Å². The van der Waals surface area contributed by atoms with E-state index >= 15 is 0 Å². The SMILES string of the molecule is CCNC(=NCc1c(C)nn(Cc2ccccc2)c1C)NCCCOCC. The van der Waals surface area contributed by atoms with E-state index in [4.69, 9.17) is 14.8 Å². The summed E-state index contributed by atoms with van der Waals surface area (Å²) in [6.07, 6.45) is 0.964. The number of nitrogens with zero attached hydrogens (tertiary/aromatic N) is 3. The van der Waals surface area contributed by atoms with Crippen LogP contribution in [0.25, 0.3) is 0 Å². The maximum absolute atomic E-state index is 5.38. The molecule has 0 saturated carbocycles. The Labute approximate surface area is 163 Å². The summed E-state index contributed by atoms with van der Waals surface area (Å²) in [5.41, 5.74) is 4.66. The first-order chi connectivity index (χ1) is 13.2. The first-order valence-corrected chi connectivity index (χ1v) is 9.82. The Bertz CT molecular complexity index is 709. The fourth-order valence-corrected chi connectivity index (χ4v) is 2.90. The standard InChI is InChI=1S/C21H33N5O/c1-5-22-21(23-13-10-14-27-6-2)24-15-20-17(3)25-26(18(20)4)16-19-11-8-7-9-12-19/h7-9,11-12H,5-6,10,13-16H2,1-4H3,(H2,22,23,24). The van der Waals surface area contributed by atoms with Gasteiger partial charge in [-0.3, -0.25) is 4.68 Å². The largest absolute Gasteiger partial charge is 0.382 e. The minimum absolute atomic E-state index is 0.618. The second-order valence-electron chi connectivity index (χ2n) is 6.47. The first kappa shape index (κ1) is 21.0. The summed E-state index contributed by atoms with van der Waals surface area (Å²) in [4.78, 5) is 4.74. The van der Waals surface area contributed by atoms with Crippen molar-refractivity contribution in [3.8, 4) is 0 Å². The molecule has 0 radical (unpaired) electrons. The van der Waals surface area contributed by atoms with Crippen LogP contribution in [0.2, 0.25) is 0 Å². The fraction of sp³-hybridized carbons (Fsp3) is 0.524. The van der Waals surface area contributed by atoms with Crippen LogP contribution in [0.5, 0.6) is 0 Å². The average Bonchev–Trinajstić information content (AvgIpc) is 2.93. The van der Waals surface area contributed by atoms with E-state index < -0.39 is 0 Å². The fourth-order valence-electron chi connectivity index (χ4n) is 2.90. The van der Waals surface area contributed by atoms with Crippen molar-refractivity contribution >= 4 is 5.96 Å². The van der Waals surface area contributed by atoms with Crippen LogP contribution in [0.1, 0.15) is 42.8 Å². The zero-order valence-corrected chi connectivity index (χ0v) is 17.1. The highest BCUT2D eigenvalue weighted by molar-refractivity contribution is 5.79. The van der Waals surface area contributed by atoms with Gasteiger partial charge in [-0.05, 0) is 39.7 Å². The number of benzene rings is 1. The molecule has 0 bridgehead atoms. The highest BCUT2D eigenvalue weighted by atomic mass is 16.5. The van der Waals surface area contributed by atoms with Crippen molar-refractivity contribution in [3.63, 3.8) is 0 Å². The number of ether oxygens (including phenoxy) is 1. The summed E-state index contributed by atoms with van der Waals surface area (Å²) in [5, 5.41) is 11.4. The number of aliphatic imine (C=N–C) groups is 1. The average molecular weight is 372 g/mol. The van der Waals surface area contributed by atoms with E-state index in [1.54, 1.807) is 0 Å². The van der Waals surface area contributed by atoms with Crippen LogP contribution in [-0.2, 0) is 17.8 Å². The van der Waals surface area contributed by atoms with Crippen molar-refractivity contribution < 1.29 is 4.74 Å². The zero-order chi connectivity index (χ0) is 19.5. The van der Waals surface area contributed by atoms with E-state index in [0.29, 0.717) is 6.54 Å². The van der Waals surface area contributed by atoms with Gasteiger partial charge in [0.15, 0.2) is 5.96 Å². The van der Waals surface area contributed by atoms with Crippen LogP contribution in [0.4, 0.5) is 0 Å². The Balaban J connectivity index is 2.00. The van der Waals surface area contributed by atoms with Crippen LogP contribution in [-0.4, -0.2) is 42.0 Å². The van der Waals surface area contributed by atoms with Gasteiger partial charge in [-0.2, -0.15) is 5.10 Å². The van der Waals surface area contributed by atoms with Crippen molar-refractivity contribution in [2.24, 2.45) is 4.99 Å². The third-order valence-corrected chi connectivity index (χ3v) is 4.41. The molecule has 2 N–H and O–H groups in total. The van der Waals surface area contributed by atoms with Crippen molar-refractivity contribution in [1.29, 1.82) is 0 Å². The molecule has 0 unspecified atom stereocenters. The summed E-state index contributed by atoms with van der Waals surface area (Å²) < 4.78 is 7.44. The zero-order valence-electron chi connectivity index (χ0n) is 17.1. The monoisotopic (exact) mass is 371 g/mol. The molecule has 0 spiro atoms. The molecule has 2 rings (SSSR count). The van der Waals surface area contributed by atoms with Crippen LogP contribution in [0.15, 0.2) is 35.3 Å². The molecule has 1 heterocycles. The van der Waals surface area contributed by atoms with Gasteiger partial charge in [0.1, 0.15) is 0 Å². The molecular weight excluding hydrogens is 338 g/mol. The van der Waals surface area contributed by atoms with Crippen molar-refractivity contribution in [2.45, 2.75) is 47.2 Å². The number of guanidine groups is 1. The Morgan fingerprint density at radius 1 is 1.15 bits per heavy atom. The Morgan fingerprint density at radius 3 is 2.63 bits per heavy atom. The van der Waals surface area contributed by atoms with Gasteiger partial charge in [0.2, 0.25) is 0 Å². The number of aryl methyl sites for hydroxylation is 1. The van der Waals surface area contributed by atoms with E-state index in [1.165, 1.54) is 16.8 Å². The Kier molecular flexibility index (Phi) is 8.84. The number of nitrogens with one attached hydrogen (secondary N) is 2. The molecule has 27 heavy (non-hydrogen) atoms. The smallest absolute Gasteiger partial charge is 0.191 e. The lowest BCUT2D eigenvalue weighted by Gasteiger charge is -2.11. The van der Waals surface area contributed by atoms with Crippen LogP contribution < -0.4 is 10.6 Å². The van der Waals surface area contributed by atoms with Crippen molar-refractivity contribution in [3.05, 3.63) is 52.8 Å². The van der Waals surface area contributed by atoms with Crippen LogP contribution in [0, 0.1) is 13.8 Å². The molecule has 0 saturated heterocycles. The van der Waals surface area contributed by atoms with E-state index in [-0.39, 0.29) is 0 Å². The third kappa shape index (κ3) is 6.71. The number of hydrogen-bond donors (Lipinski definition) is 2. The lowest BCUT2D eigenvalue weighted by Crippen LogP contribution is -2.38. The van der Waals surface area contributed by atoms with E-state index in [2.05, 4.69) is 60.4 Å². The van der Waals surface area contributed by atoms with Gasteiger partial charge < -0.3 is 15.4 Å². The van der Waals surface area contributed by atoms with E-state index in [0.717, 1.165) is 50.9 Å². The molecule has 0 amide bonds.